The first-order chi connectivity index (χ1) is 14.3. The number of hydrogen-bond donors (Lipinski definition) is 2. The van der Waals surface area contributed by atoms with Crippen molar-refractivity contribution in [2.75, 3.05) is 52.6 Å². The molecule has 7 heteroatoms. The highest BCUT2D eigenvalue weighted by Crippen LogP contribution is 2.25. The van der Waals surface area contributed by atoms with E-state index in [0.717, 1.165) is 84.4 Å². The molecule has 1 aromatic rings. The summed E-state index contributed by atoms with van der Waals surface area (Å²) in [5, 5.41) is 9.03. The first-order valence-electron chi connectivity index (χ1n) is 11.2. The van der Waals surface area contributed by atoms with E-state index in [2.05, 4.69) is 40.8 Å². The molecular formula is C22H38N4O2S. The van der Waals surface area contributed by atoms with Crippen LogP contribution in [0.5, 0.6) is 0 Å². The van der Waals surface area contributed by atoms with Crippen molar-refractivity contribution in [3.63, 3.8) is 0 Å². The SMILES string of the molecule is CCNC(=NCC(C)N1CCc2sccc2C1)NCCCOCC1CCOCC1. The Balaban J connectivity index is 1.32. The van der Waals surface area contributed by atoms with Crippen molar-refractivity contribution in [1.82, 2.24) is 15.5 Å². The van der Waals surface area contributed by atoms with Gasteiger partial charge >= 0.3 is 0 Å². The van der Waals surface area contributed by atoms with Crippen molar-refractivity contribution in [2.45, 2.75) is 52.1 Å². The second kappa shape index (κ2) is 12.5. The van der Waals surface area contributed by atoms with Crippen molar-refractivity contribution in [2.24, 2.45) is 10.9 Å². The minimum Gasteiger partial charge on any atom is -0.381 e. The Hall–Kier alpha value is -1.15. The van der Waals surface area contributed by atoms with Gasteiger partial charge in [0.05, 0.1) is 6.54 Å². The Kier molecular flexibility index (Phi) is 9.73. The molecule has 6 nitrogen and oxygen atoms in total. The van der Waals surface area contributed by atoms with E-state index in [4.69, 9.17) is 14.5 Å². The molecule has 1 atom stereocenters. The molecule has 2 N–H and O–H groups in total. The number of guanidine groups is 1. The standard InChI is InChI=1S/C22H38N4O2S/c1-3-23-22(24-9-4-11-28-17-19-6-12-27-13-7-19)25-15-18(2)26-10-5-21-20(16-26)8-14-29-21/h8,14,18-19H,3-7,9-13,15-17H2,1-2H3,(H2,23,24,25). The van der Waals surface area contributed by atoms with E-state index in [9.17, 15) is 0 Å². The van der Waals surface area contributed by atoms with Gasteiger partial charge in [0.25, 0.3) is 0 Å². The summed E-state index contributed by atoms with van der Waals surface area (Å²) >= 11 is 1.90. The molecule has 0 radical (unpaired) electrons. The van der Waals surface area contributed by atoms with Gasteiger partial charge in [-0.3, -0.25) is 9.89 Å². The van der Waals surface area contributed by atoms with E-state index in [1.165, 1.54) is 12.0 Å². The normalized spacial score (nSPS) is 19.7. The van der Waals surface area contributed by atoms with Crippen LogP contribution in [0.15, 0.2) is 16.4 Å². The third-order valence-corrected chi connectivity index (χ3v) is 6.79. The topological polar surface area (TPSA) is 58.1 Å². The Morgan fingerprint density at radius 1 is 1.38 bits per heavy atom. The Morgan fingerprint density at radius 3 is 3.07 bits per heavy atom. The summed E-state index contributed by atoms with van der Waals surface area (Å²) in [5.41, 5.74) is 1.50. The van der Waals surface area contributed by atoms with Gasteiger partial charge in [0.1, 0.15) is 0 Å². The molecule has 164 valence electrons. The van der Waals surface area contributed by atoms with Gasteiger partial charge in [0.15, 0.2) is 5.96 Å². The third kappa shape index (κ3) is 7.55. The molecule has 3 rings (SSSR count). The summed E-state index contributed by atoms with van der Waals surface area (Å²) in [7, 11) is 0. The highest BCUT2D eigenvalue weighted by atomic mass is 32.1. The number of nitrogens with one attached hydrogen (secondary N) is 2. The molecule has 1 saturated heterocycles. The minimum atomic E-state index is 0.446. The molecule has 0 saturated carbocycles. The summed E-state index contributed by atoms with van der Waals surface area (Å²) < 4.78 is 11.2. The van der Waals surface area contributed by atoms with E-state index >= 15 is 0 Å². The van der Waals surface area contributed by atoms with E-state index in [1.807, 2.05) is 11.3 Å². The summed E-state index contributed by atoms with van der Waals surface area (Å²) in [4.78, 5) is 8.93. The van der Waals surface area contributed by atoms with E-state index in [-0.39, 0.29) is 0 Å². The lowest BCUT2D eigenvalue weighted by Crippen LogP contribution is -2.41. The van der Waals surface area contributed by atoms with Crippen molar-refractivity contribution >= 4 is 17.3 Å². The molecule has 0 amide bonds. The zero-order chi connectivity index (χ0) is 20.3. The van der Waals surface area contributed by atoms with Crippen LogP contribution in [0.2, 0.25) is 0 Å². The molecule has 3 heterocycles. The number of hydrogen-bond acceptors (Lipinski definition) is 5. The van der Waals surface area contributed by atoms with Crippen molar-refractivity contribution < 1.29 is 9.47 Å². The average molecular weight is 423 g/mol. The van der Waals surface area contributed by atoms with Gasteiger partial charge in [-0.1, -0.05) is 0 Å². The average Bonchev–Trinajstić information content (AvgIpc) is 3.22. The molecule has 1 aromatic heterocycles. The van der Waals surface area contributed by atoms with Crippen molar-refractivity contribution in [3.8, 4) is 0 Å². The number of aliphatic imine (C=N–C) groups is 1. The molecule has 2 aliphatic rings. The number of nitrogens with zero attached hydrogens (tertiary/aromatic N) is 2. The number of fused-ring (bicyclic) bond motifs is 1. The fourth-order valence-corrected chi connectivity index (χ4v) is 4.76. The van der Waals surface area contributed by atoms with Gasteiger partial charge in [0.2, 0.25) is 0 Å². The number of thiophene rings is 1. The maximum atomic E-state index is 5.85. The quantitative estimate of drug-likeness (QED) is 0.345. The fraction of sp³-hybridized carbons (Fsp3) is 0.773. The summed E-state index contributed by atoms with van der Waals surface area (Å²) in [6.45, 7) is 12.6. The molecular weight excluding hydrogens is 384 g/mol. The molecule has 0 aliphatic carbocycles. The van der Waals surface area contributed by atoms with Crippen LogP contribution in [0.3, 0.4) is 0 Å². The largest absolute Gasteiger partial charge is 0.381 e. The molecule has 29 heavy (non-hydrogen) atoms. The second-order valence-electron chi connectivity index (χ2n) is 8.07. The van der Waals surface area contributed by atoms with Gasteiger partial charge in [-0.25, -0.2) is 0 Å². The van der Waals surface area contributed by atoms with Crippen LogP contribution >= 0.6 is 11.3 Å². The van der Waals surface area contributed by atoms with Crippen LogP contribution in [0.4, 0.5) is 0 Å². The monoisotopic (exact) mass is 422 g/mol. The van der Waals surface area contributed by atoms with Crippen LogP contribution in [0.25, 0.3) is 0 Å². The molecule has 0 bridgehead atoms. The zero-order valence-electron chi connectivity index (χ0n) is 18.1. The Labute approximate surface area is 180 Å². The molecule has 0 spiro atoms. The maximum absolute atomic E-state index is 5.85. The lowest BCUT2D eigenvalue weighted by molar-refractivity contribution is 0.0203. The first-order valence-corrected chi connectivity index (χ1v) is 12.1. The van der Waals surface area contributed by atoms with Crippen LogP contribution in [0, 0.1) is 5.92 Å². The third-order valence-electron chi connectivity index (χ3n) is 5.77. The first kappa shape index (κ1) is 22.5. The van der Waals surface area contributed by atoms with Gasteiger partial charge in [-0.15, -0.1) is 11.3 Å². The lowest BCUT2D eigenvalue weighted by Gasteiger charge is -2.31. The zero-order valence-corrected chi connectivity index (χ0v) is 18.9. The van der Waals surface area contributed by atoms with Crippen LogP contribution < -0.4 is 10.6 Å². The van der Waals surface area contributed by atoms with Gasteiger partial charge in [-0.05, 0) is 62.5 Å². The van der Waals surface area contributed by atoms with E-state index in [0.29, 0.717) is 12.0 Å². The van der Waals surface area contributed by atoms with Gasteiger partial charge in [-0.2, -0.15) is 0 Å². The minimum absolute atomic E-state index is 0.446. The molecule has 2 aliphatic heterocycles. The second-order valence-corrected chi connectivity index (χ2v) is 9.07. The smallest absolute Gasteiger partial charge is 0.191 e. The van der Waals surface area contributed by atoms with Gasteiger partial charge < -0.3 is 20.1 Å². The van der Waals surface area contributed by atoms with Gasteiger partial charge in [0, 0.05) is 63.5 Å². The highest BCUT2D eigenvalue weighted by molar-refractivity contribution is 7.10. The maximum Gasteiger partial charge on any atom is 0.191 e. The predicted octanol–water partition coefficient (Wildman–Crippen LogP) is 2.88. The Morgan fingerprint density at radius 2 is 2.24 bits per heavy atom. The van der Waals surface area contributed by atoms with Crippen LogP contribution in [-0.4, -0.2) is 69.5 Å². The summed E-state index contributed by atoms with van der Waals surface area (Å²) in [5.74, 6) is 1.59. The van der Waals surface area contributed by atoms with E-state index in [1.54, 1.807) is 4.88 Å². The lowest BCUT2D eigenvalue weighted by atomic mass is 10.0. The number of rotatable bonds is 10. The van der Waals surface area contributed by atoms with Crippen molar-refractivity contribution in [1.29, 1.82) is 0 Å². The van der Waals surface area contributed by atoms with Crippen LogP contribution in [0.1, 0.15) is 43.6 Å². The molecule has 1 fully saturated rings. The van der Waals surface area contributed by atoms with Crippen LogP contribution in [-0.2, 0) is 22.4 Å². The molecule has 0 aromatic carbocycles. The van der Waals surface area contributed by atoms with Crippen molar-refractivity contribution in [3.05, 3.63) is 21.9 Å². The summed E-state index contributed by atoms with van der Waals surface area (Å²) in [6, 6.07) is 2.72. The van der Waals surface area contributed by atoms with E-state index < -0.39 is 0 Å². The highest BCUT2D eigenvalue weighted by Gasteiger charge is 2.21. The molecule has 1 unspecified atom stereocenters. The number of ether oxygens (including phenoxy) is 2. The Bertz CT molecular complexity index is 616. The summed E-state index contributed by atoms with van der Waals surface area (Å²) in [6.07, 6.45) is 4.44. The fourth-order valence-electron chi connectivity index (χ4n) is 3.87. The predicted molar refractivity (Wildman–Crippen MR) is 121 cm³/mol.